The molecular formula is C32H38Cl2O3S2. The van der Waals surface area contributed by atoms with Gasteiger partial charge in [-0.05, 0) is 49.1 Å². The van der Waals surface area contributed by atoms with E-state index in [9.17, 15) is 9.59 Å². The molecule has 0 fully saturated rings. The molecule has 2 aliphatic rings. The van der Waals surface area contributed by atoms with Gasteiger partial charge in [-0.15, -0.1) is 0 Å². The number of hydrogen-bond acceptors (Lipinski definition) is 5. The van der Waals surface area contributed by atoms with Crippen LogP contribution >= 0.6 is 46.7 Å². The summed E-state index contributed by atoms with van der Waals surface area (Å²) in [6.45, 7) is 5.03. The van der Waals surface area contributed by atoms with Gasteiger partial charge in [0, 0.05) is 20.9 Å². The lowest BCUT2D eigenvalue weighted by molar-refractivity contribution is 0.101. The molecule has 0 unspecified atom stereocenters. The third-order valence-electron chi connectivity index (χ3n) is 7.22. The van der Waals surface area contributed by atoms with Gasteiger partial charge in [-0.2, -0.15) is 0 Å². The second-order valence-corrected chi connectivity index (χ2v) is 13.2. The molecule has 39 heavy (non-hydrogen) atoms. The maximum Gasteiger partial charge on any atom is 0.202 e. The molecule has 0 spiro atoms. The number of hydrogen-bond donors (Lipinski definition) is 0. The van der Waals surface area contributed by atoms with E-state index < -0.39 is 0 Å². The number of carbonyl (C=O) groups is 2. The Morgan fingerprint density at radius 3 is 1.77 bits per heavy atom. The minimum atomic E-state index is -0.172. The number of ether oxygens (including phenoxy) is 1. The fourth-order valence-electron chi connectivity index (χ4n) is 5.01. The van der Waals surface area contributed by atoms with E-state index in [1.165, 1.54) is 81.3 Å². The van der Waals surface area contributed by atoms with Crippen molar-refractivity contribution < 1.29 is 14.3 Å². The number of carbonyl (C=O) groups excluding carboxylic acids is 2. The van der Waals surface area contributed by atoms with Gasteiger partial charge in [-0.1, -0.05) is 125 Å². The Balaban J connectivity index is 1.42. The van der Waals surface area contributed by atoms with Gasteiger partial charge in [0.15, 0.2) is 0 Å². The maximum absolute atomic E-state index is 13.5. The van der Waals surface area contributed by atoms with Gasteiger partial charge >= 0.3 is 0 Å². The number of aryl methyl sites for hydroxylation is 1. The highest BCUT2D eigenvalue weighted by Gasteiger charge is 2.38. The molecule has 0 saturated carbocycles. The molecule has 0 bridgehead atoms. The first kappa shape index (κ1) is 30.6. The predicted molar refractivity (Wildman–Crippen MR) is 166 cm³/mol. The van der Waals surface area contributed by atoms with Gasteiger partial charge in [0.25, 0.3) is 0 Å². The minimum absolute atomic E-state index is 0.124. The molecule has 2 heterocycles. The molecular weight excluding hydrogens is 567 g/mol. The smallest absolute Gasteiger partial charge is 0.202 e. The number of fused-ring (bicyclic) bond motifs is 2. The monoisotopic (exact) mass is 604 g/mol. The highest BCUT2D eigenvalue weighted by atomic mass is 35.5. The van der Waals surface area contributed by atoms with Gasteiger partial charge in [-0.25, -0.2) is 0 Å². The van der Waals surface area contributed by atoms with Crippen molar-refractivity contribution in [3.05, 3.63) is 60.8 Å². The average molecular weight is 606 g/mol. The Morgan fingerprint density at radius 1 is 0.641 bits per heavy atom. The molecule has 0 radical (unpaired) electrons. The zero-order valence-electron chi connectivity index (χ0n) is 23.0. The molecule has 0 saturated heterocycles. The molecule has 210 valence electrons. The van der Waals surface area contributed by atoms with Crippen LogP contribution in [0.3, 0.4) is 0 Å². The van der Waals surface area contributed by atoms with Gasteiger partial charge in [0.05, 0.1) is 26.5 Å². The fourth-order valence-corrected chi connectivity index (χ4v) is 7.97. The van der Waals surface area contributed by atoms with Crippen molar-refractivity contribution in [1.29, 1.82) is 0 Å². The van der Waals surface area contributed by atoms with E-state index in [1.807, 2.05) is 12.1 Å². The van der Waals surface area contributed by atoms with Crippen molar-refractivity contribution in [2.45, 2.75) is 107 Å². The first-order valence-electron chi connectivity index (χ1n) is 14.4. The van der Waals surface area contributed by atoms with Crippen molar-refractivity contribution in [2.24, 2.45) is 0 Å². The van der Waals surface area contributed by atoms with Crippen LogP contribution in [0.1, 0.15) is 117 Å². The van der Waals surface area contributed by atoms with E-state index in [0.29, 0.717) is 48.2 Å². The molecule has 2 aromatic carbocycles. The SMILES string of the molecule is CCCCCCCCOc1cc(Cl)c2c(c1)C(=O)/C(=C1\Sc3c(Cl)cc(CCCCCCCC)cc3C1=O)S2. The summed E-state index contributed by atoms with van der Waals surface area (Å²) in [4.78, 5) is 29.3. The molecule has 4 rings (SSSR count). The fraction of sp³-hybridized carbons (Fsp3) is 0.500. The summed E-state index contributed by atoms with van der Waals surface area (Å²) in [6, 6.07) is 7.48. The van der Waals surface area contributed by atoms with Crippen molar-refractivity contribution in [3.63, 3.8) is 0 Å². The van der Waals surface area contributed by atoms with Gasteiger partial charge in [-0.3, -0.25) is 9.59 Å². The Labute approximate surface area is 251 Å². The van der Waals surface area contributed by atoms with E-state index in [0.717, 1.165) is 36.1 Å². The second kappa shape index (κ2) is 15.0. The Hall–Kier alpha value is -1.40. The summed E-state index contributed by atoms with van der Waals surface area (Å²) >= 11 is 15.8. The zero-order chi connectivity index (χ0) is 27.8. The molecule has 2 aliphatic heterocycles. The van der Waals surface area contributed by atoms with E-state index >= 15 is 0 Å². The summed E-state index contributed by atoms with van der Waals surface area (Å²) in [5.74, 6) is 0.304. The topological polar surface area (TPSA) is 43.4 Å². The first-order valence-corrected chi connectivity index (χ1v) is 16.8. The van der Waals surface area contributed by atoms with Crippen molar-refractivity contribution in [3.8, 4) is 5.75 Å². The van der Waals surface area contributed by atoms with Gasteiger partial charge < -0.3 is 4.74 Å². The lowest BCUT2D eigenvalue weighted by Gasteiger charge is -2.08. The molecule has 0 atom stereocenters. The Bertz CT molecular complexity index is 1240. The normalized spacial score (nSPS) is 16.2. The van der Waals surface area contributed by atoms with Crippen LogP contribution < -0.4 is 4.74 Å². The van der Waals surface area contributed by atoms with Crippen molar-refractivity contribution in [1.82, 2.24) is 0 Å². The molecule has 7 heteroatoms. The predicted octanol–water partition coefficient (Wildman–Crippen LogP) is 11.1. The highest BCUT2D eigenvalue weighted by molar-refractivity contribution is 8.08. The lowest BCUT2D eigenvalue weighted by Crippen LogP contribution is -2.03. The molecule has 3 nitrogen and oxygen atoms in total. The summed E-state index contributed by atoms with van der Waals surface area (Å²) in [6.07, 6.45) is 15.3. The van der Waals surface area contributed by atoms with Crippen LogP contribution in [0.4, 0.5) is 0 Å². The van der Waals surface area contributed by atoms with Crippen molar-refractivity contribution >= 4 is 58.3 Å². The zero-order valence-corrected chi connectivity index (χ0v) is 26.2. The van der Waals surface area contributed by atoms with Crippen LogP contribution in [0.15, 0.2) is 43.9 Å². The Morgan fingerprint density at radius 2 is 1.15 bits per heavy atom. The summed E-state index contributed by atoms with van der Waals surface area (Å²) in [7, 11) is 0. The van der Waals surface area contributed by atoms with Gasteiger partial charge in [0.2, 0.25) is 11.6 Å². The number of thioether (sulfide) groups is 2. The first-order chi connectivity index (χ1) is 18.9. The standard InChI is InChI=1S/C32H38Cl2O3S2/c1-3-5-7-9-11-13-15-21-17-23-27(35)31(38-29(23)25(33)18-21)32-28(36)24-19-22(20-26(34)30(24)39-32)37-16-14-12-10-8-6-4-2/h17-20H,3-16H2,1-2H3/b32-31+. The molecule has 0 aliphatic carbocycles. The van der Waals surface area contributed by atoms with Crippen LogP contribution in [0.5, 0.6) is 5.75 Å². The van der Waals surface area contributed by atoms with E-state index in [4.69, 9.17) is 27.9 Å². The molecule has 0 N–H and O–H groups in total. The molecule has 0 amide bonds. The lowest BCUT2D eigenvalue weighted by atomic mass is 10.0. The minimum Gasteiger partial charge on any atom is -0.494 e. The summed E-state index contributed by atoms with van der Waals surface area (Å²) < 4.78 is 5.94. The summed E-state index contributed by atoms with van der Waals surface area (Å²) in [5, 5.41) is 1.06. The number of allylic oxidation sites excluding steroid dienone is 2. The van der Waals surface area contributed by atoms with E-state index in [1.54, 1.807) is 12.1 Å². The van der Waals surface area contributed by atoms with E-state index in [2.05, 4.69) is 13.8 Å². The van der Waals surface area contributed by atoms with Crippen LogP contribution in [0.2, 0.25) is 10.0 Å². The van der Waals surface area contributed by atoms with Crippen LogP contribution in [-0.2, 0) is 6.42 Å². The largest absolute Gasteiger partial charge is 0.494 e. The Kier molecular flexibility index (Phi) is 11.8. The number of halogens is 2. The van der Waals surface area contributed by atoms with Crippen LogP contribution in [0.25, 0.3) is 0 Å². The number of rotatable bonds is 15. The quantitative estimate of drug-likeness (QED) is 0.149. The number of benzene rings is 2. The number of ketones is 2. The van der Waals surface area contributed by atoms with Crippen molar-refractivity contribution in [2.75, 3.05) is 6.61 Å². The second-order valence-electron chi connectivity index (χ2n) is 10.4. The average Bonchev–Trinajstić information content (AvgIpc) is 3.43. The van der Waals surface area contributed by atoms with E-state index in [-0.39, 0.29) is 11.6 Å². The van der Waals surface area contributed by atoms with Crippen LogP contribution in [0, 0.1) is 0 Å². The number of unbranched alkanes of at least 4 members (excludes halogenated alkanes) is 10. The number of Topliss-reactive ketones (excluding diaryl/α,β-unsaturated/α-hetero) is 2. The van der Waals surface area contributed by atoms with Gasteiger partial charge in [0.1, 0.15) is 5.75 Å². The third-order valence-corrected chi connectivity index (χ3v) is 10.6. The summed E-state index contributed by atoms with van der Waals surface area (Å²) in [5.41, 5.74) is 2.19. The van der Waals surface area contributed by atoms with Crippen LogP contribution in [-0.4, -0.2) is 18.2 Å². The highest BCUT2D eigenvalue weighted by Crippen LogP contribution is 2.53. The molecule has 2 aromatic rings. The maximum atomic E-state index is 13.5. The third kappa shape index (κ3) is 7.67. The molecule has 0 aromatic heterocycles.